The molecule has 0 spiro atoms. The summed E-state index contributed by atoms with van der Waals surface area (Å²) in [6.45, 7) is 6.45. The highest BCUT2D eigenvalue weighted by Crippen LogP contribution is 2.14. The minimum absolute atomic E-state index is 0.105. The van der Waals surface area contributed by atoms with Crippen LogP contribution in [0.1, 0.15) is 252 Å². The van der Waals surface area contributed by atoms with Gasteiger partial charge < -0.3 is 14.2 Å². The molecule has 0 saturated carbocycles. The molecule has 0 amide bonds. The van der Waals surface area contributed by atoms with Gasteiger partial charge in [0, 0.05) is 19.3 Å². The molecule has 6 nitrogen and oxygen atoms in total. The Morgan fingerprint density at radius 3 is 1.07 bits per heavy atom. The Morgan fingerprint density at radius 1 is 0.344 bits per heavy atom. The first-order chi connectivity index (χ1) is 30.0. The van der Waals surface area contributed by atoms with E-state index in [0.717, 1.165) is 89.9 Å². The highest BCUT2D eigenvalue weighted by Gasteiger charge is 2.19. The monoisotopic (exact) mass is 853 g/mol. The van der Waals surface area contributed by atoms with Gasteiger partial charge in [0.05, 0.1) is 0 Å². The van der Waals surface area contributed by atoms with Gasteiger partial charge in [0.15, 0.2) is 6.10 Å². The quantitative estimate of drug-likeness (QED) is 0.0263. The zero-order valence-corrected chi connectivity index (χ0v) is 40.2. The standard InChI is InChI=1S/C55H96O6/c1-4-7-10-13-16-19-22-25-26-27-28-29-31-33-36-39-42-45-48-54(57)60-51-52(50-59-53(56)47-44-41-38-35-32-24-21-18-15-12-9-6-3)61-55(58)49-46-43-40-37-34-30-23-20-17-14-11-8-5-2/h9,12,18,21,28-30,34,40,43,52H,4-8,10-11,13-17,19-20,22-27,31-33,35-39,41-42,44-51H2,1-3H3/b12-9-,21-18-,29-28-,34-30-,43-40-. The zero-order chi connectivity index (χ0) is 44.4. The van der Waals surface area contributed by atoms with Gasteiger partial charge in [-0.2, -0.15) is 0 Å². The second-order valence-corrected chi connectivity index (χ2v) is 17.0. The third kappa shape index (κ3) is 48.0. The number of carbonyl (C=O) groups excluding carboxylic acids is 3. The minimum atomic E-state index is -0.812. The Balaban J connectivity index is 4.42. The molecule has 0 fully saturated rings. The maximum atomic E-state index is 12.7. The van der Waals surface area contributed by atoms with Crippen LogP contribution in [-0.4, -0.2) is 37.2 Å². The molecule has 0 aromatic rings. The molecule has 1 atom stereocenters. The molecule has 0 saturated heterocycles. The number of allylic oxidation sites excluding steroid dienone is 10. The van der Waals surface area contributed by atoms with Crippen LogP contribution in [0.15, 0.2) is 60.8 Å². The molecule has 0 aromatic heterocycles. The summed E-state index contributed by atoms with van der Waals surface area (Å²) >= 11 is 0. The molecule has 0 rings (SSSR count). The first-order valence-corrected chi connectivity index (χ1v) is 25.8. The Kier molecular flexibility index (Phi) is 47.4. The normalized spacial score (nSPS) is 12.5. The van der Waals surface area contributed by atoms with E-state index >= 15 is 0 Å². The van der Waals surface area contributed by atoms with Crippen LogP contribution in [0.5, 0.6) is 0 Å². The third-order valence-electron chi connectivity index (χ3n) is 11.0. The van der Waals surface area contributed by atoms with Crippen LogP contribution in [0.2, 0.25) is 0 Å². The predicted octanol–water partition coefficient (Wildman–Crippen LogP) is 16.9. The second kappa shape index (κ2) is 49.8. The molecule has 6 heteroatoms. The Bertz CT molecular complexity index is 1120. The van der Waals surface area contributed by atoms with Crippen LogP contribution in [0, 0.1) is 0 Å². The molecule has 0 bridgehead atoms. The van der Waals surface area contributed by atoms with Crippen molar-refractivity contribution >= 4 is 17.9 Å². The molecular formula is C55H96O6. The fourth-order valence-corrected chi connectivity index (χ4v) is 7.12. The minimum Gasteiger partial charge on any atom is -0.462 e. The summed E-state index contributed by atoms with van der Waals surface area (Å²) in [6.07, 6.45) is 60.8. The average Bonchev–Trinajstić information content (AvgIpc) is 3.26. The van der Waals surface area contributed by atoms with Gasteiger partial charge >= 0.3 is 17.9 Å². The van der Waals surface area contributed by atoms with Crippen LogP contribution in [0.4, 0.5) is 0 Å². The van der Waals surface area contributed by atoms with Crippen molar-refractivity contribution in [2.24, 2.45) is 0 Å². The molecule has 0 aliphatic carbocycles. The molecule has 1 unspecified atom stereocenters. The molecule has 0 heterocycles. The summed E-state index contributed by atoms with van der Waals surface area (Å²) in [5, 5.41) is 0. The number of hydrogen-bond acceptors (Lipinski definition) is 6. The van der Waals surface area contributed by atoms with Crippen LogP contribution < -0.4 is 0 Å². The van der Waals surface area contributed by atoms with Crippen molar-refractivity contribution in [2.45, 2.75) is 258 Å². The molecule has 0 radical (unpaired) electrons. The van der Waals surface area contributed by atoms with Crippen LogP contribution in [0.3, 0.4) is 0 Å². The number of esters is 3. The van der Waals surface area contributed by atoms with Gasteiger partial charge in [-0.25, -0.2) is 0 Å². The highest BCUT2D eigenvalue weighted by molar-refractivity contribution is 5.71. The van der Waals surface area contributed by atoms with Gasteiger partial charge in [-0.3, -0.25) is 14.4 Å². The van der Waals surface area contributed by atoms with E-state index in [-0.39, 0.29) is 37.5 Å². The Labute approximate surface area is 377 Å². The van der Waals surface area contributed by atoms with Crippen LogP contribution in [0.25, 0.3) is 0 Å². The number of hydrogen-bond donors (Lipinski definition) is 0. The van der Waals surface area contributed by atoms with E-state index in [1.807, 2.05) is 6.08 Å². The van der Waals surface area contributed by atoms with Gasteiger partial charge in [-0.1, -0.05) is 204 Å². The van der Waals surface area contributed by atoms with Crippen LogP contribution >= 0.6 is 0 Å². The van der Waals surface area contributed by atoms with Crippen LogP contribution in [-0.2, 0) is 28.6 Å². The smallest absolute Gasteiger partial charge is 0.306 e. The summed E-state index contributed by atoms with van der Waals surface area (Å²) in [5.74, 6) is -0.994. The van der Waals surface area contributed by atoms with Crippen molar-refractivity contribution in [3.05, 3.63) is 60.8 Å². The summed E-state index contributed by atoms with van der Waals surface area (Å²) in [4.78, 5) is 37.9. The fraction of sp³-hybridized carbons (Fsp3) is 0.764. The third-order valence-corrected chi connectivity index (χ3v) is 11.0. The van der Waals surface area contributed by atoms with E-state index in [1.54, 1.807) is 0 Å². The zero-order valence-electron chi connectivity index (χ0n) is 40.2. The molecule has 0 aromatic carbocycles. The van der Waals surface area contributed by atoms with E-state index in [1.165, 1.54) is 116 Å². The molecule has 0 aliphatic rings. The van der Waals surface area contributed by atoms with Gasteiger partial charge in [0.25, 0.3) is 0 Å². The first-order valence-electron chi connectivity index (χ1n) is 25.8. The van der Waals surface area contributed by atoms with E-state index in [4.69, 9.17) is 14.2 Å². The lowest BCUT2D eigenvalue weighted by molar-refractivity contribution is -0.166. The van der Waals surface area contributed by atoms with Crippen molar-refractivity contribution in [1.29, 1.82) is 0 Å². The van der Waals surface area contributed by atoms with E-state index in [9.17, 15) is 14.4 Å². The van der Waals surface area contributed by atoms with Gasteiger partial charge in [-0.15, -0.1) is 0 Å². The maximum absolute atomic E-state index is 12.7. The van der Waals surface area contributed by atoms with Gasteiger partial charge in [0.1, 0.15) is 13.2 Å². The van der Waals surface area contributed by atoms with Gasteiger partial charge in [0.2, 0.25) is 0 Å². The lowest BCUT2D eigenvalue weighted by Gasteiger charge is -2.18. The van der Waals surface area contributed by atoms with E-state index in [0.29, 0.717) is 19.3 Å². The predicted molar refractivity (Wildman–Crippen MR) is 261 cm³/mol. The fourth-order valence-electron chi connectivity index (χ4n) is 7.12. The molecule has 0 N–H and O–H groups in total. The van der Waals surface area contributed by atoms with E-state index in [2.05, 4.69) is 75.5 Å². The van der Waals surface area contributed by atoms with Crippen molar-refractivity contribution in [3.63, 3.8) is 0 Å². The average molecular weight is 853 g/mol. The molecule has 61 heavy (non-hydrogen) atoms. The van der Waals surface area contributed by atoms with Crippen molar-refractivity contribution < 1.29 is 28.6 Å². The second-order valence-electron chi connectivity index (χ2n) is 17.0. The summed E-state index contributed by atoms with van der Waals surface area (Å²) in [7, 11) is 0. The van der Waals surface area contributed by atoms with Gasteiger partial charge in [-0.05, 0) is 89.9 Å². The first kappa shape index (κ1) is 58.1. The van der Waals surface area contributed by atoms with Crippen molar-refractivity contribution in [1.82, 2.24) is 0 Å². The number of rotatable bonds is 46. The SMILES string of the molecule is CC/C=C\C/C=C\CCCCCCCC(=O)OCC(COC(=O)CCCCCCC/C=C\CCCCCCCCCCC)OC(=O)CC/C=C\C/C=C\CCCCCCCC. The van der Waals surface area contributed by atoms with Crippen molar-refractivity contribution in [3.8, 4) is 0 Å². The largest absolute Gasteiger partial charge is 0.462 e. The Hall–Kier alpha value is -2.89. The highest BCUT2D eigenvalue weighted by atomic mass is 16.6. The summed E-state index contributed by atoms with van der Waals surface area (Å²) in [6, 6.07) is 0. The number of carbonyl (C=O) groups is 3. The lowest BCUT2D eigenvalue weighted by Crippen LogP contribution is -2.30. The topological polar surface area (TPSA) is 78.9 Å². The molecular weight excluding hydrogens is 757 g/mol. The van der Waals surface area contributed by atoms with E-state index < -0.39 is 6.10 Å². The molecule has 0 aliphatic heterocycles. The molecule has 352 valence electrons. The number of ether oxygens (including phenoxy) is 3. The van der Waals surface area contributed by atoms with Crippen molar-refractivity contribution in [2.75, 3.05) is 13.2 Å². The summed E-state index contributed by atoms with van der Waals surface area (Å²) in [5.41, 5.74) is 0. The lowest BCUT2D eigenvalue weighted by atomic mass is 10.1. The number of unbranched alkanes of at least 4 members (excludes halogenated alkanes) is 25. The maximum Gasteiger partial charge on any atom is 0.306 e. The Morgan fingerprint density at radius 2 is 0.672 bits per heavy atom. The summed E-state index contributed by atoms with van der Waals surface area (Å²) < 4.78 is 16.7.